The molecule has 3 rings (SSSR count). The van der Waals surface area contributed by atoms with Gasteiger partial charge in [-0.2, -0.15) is 0 Å². The molecule has 1 unspecified atom stereocenters. The number of carbonyl (C=O) groups excluding carboxylic acids is 2. The number of benzene rings is 1. The maximum Gasteiger partial charge on any atom is 0.286 e. The van der Waals surface area contributed by atoms with Gasteiger partial charge in [0.15, 0.2) is 0 Å². The van der Waals surface area contributed by atoms with Gasteiger partial charge in [-0.15, -0.1) is 0 Å². The van der Waals surface area contributed by atoms with Crippen LogP contribution in [-0.4, -0.2) is 41.6 Å². The maximum atomic E-state index is 11.6. The van der Waals surface area contributed by atoms with Crippen LogP contribution in [0, 0.1) is 0 Å². The molecule has 1 aromatic carbocycles. The predicted molar refractivity (Wildman–Crippen MR) is 98.1 cm³/mol. The summed E-state index contributed by atoms with van der Waals surface area (Å²) in [5, 5.41) is 1.69. The van der Waals surface area contributed by atoms with Gasteiger partial charge in [0.25, 0.3) is 5.24 Å². The fraction of sp³-hybridized carbons (Fsp3) is 0.278. The Morgan fingerprint density at radius 2 is 2.04 bits per heavy atom. The minimum absolute atomic E-state index is 0.215. The molecule has 0 spiro atoms. The summed E-state index contributed by atoms with van der Waals surface area (Å²) < 4.78 is 5.75. The van der Waals surface area contributed by atoms with Gasteiger partial charge in [0.05, 0.1) is 11.8 Å². The molecule has 25 heavy (non-hydrogen) atoms. The number of amides is 2. The van der Waals surface area contributed by atoms with E-state index in [1.54, 1.807) is 6.20 Å². The summed E-state index contributed by atoms with van der Waals surface area (Å²) in [6.45, 7) is 1.27. The van der Waals surface area contributed by atoms with Gasteiger partial charge >= 0.3 is 0 Å². The van der Waals surface area contributed by atoms with Crippen LogP contribution in [0.25, 0.3) is 0 Å². The second-order valence-corrected chi connectivity index (χ2v) is 6.86. The average Bonchev–Trinajstić information content (AvgIpc) is 2.94. The van der Waals surface area contributed by atoms with E-state index in [2.05, 4.69) is 10.3 Å². The standard InChI is InChI=1S/C18H19N3O3S/c1-21(16-4-2-3-9-19-16)10-11-24-14-7-5-13(6-8-14)12-15-17(22)20-18(23)25-15/h2-9,15H,10-12H2,1H3,(H,20,22,23)/i12+2. The van der Waals surface area contributed by atoms with Gasteiger partial charge in [-0.1, -0.05) is 30.0 Å². The third kappa shape index (κ3) is 4.73. The lowest BCUT2D eigenvalue weighted by atomic mass is 10.3. The fourth-order valence-electron chi connectivity index (χ4n) is 2.46. The van der Waals surface area contributed by atoms with Crippen LogP contribution in [-0.2, 0) is 11.2 Å². The highest BCUT2D eigenvalue weighted by Gasteiger charge is 2.31. The van der Waals surface area contributed by atoms with Crippen molar-refractivity contribution in [2.75, 3.05) is 25.1 Å². The van der Waals surface area contributed by atoms with Gasteiger partial charge in [-0.3, -0.25) is 14.9 Å². The summed E-state index contributed by atoms with van der Waals surface area (Å²) in [6.07, 6.45) is 2.30. The largest absolute Gasteiger partial charge is 0.492 e. The summed E-state index contributed by atoms with van der Waals surface area (Å²) in [7, 11) is 1.97. The molecule has 1 N–H and O–H groups in total. The molecule has 1 saturated heterocycles. The van der Waals surface area contributed by atoms with Gasteiger partial charge in [-0.25, -0.2) is 4.98 Å². The Labute approximate surface area is 150 Å². The second kappa shape index (κ2) is 8.02. The molecular weight excluding hydrogens is 340 g/mol. The zero-order valence-corrected chi connectivity index (χ0v) is 14.7. The zero-order valence-electron chi connectivity index (χ0n) is 13.8. The van der Waals surface area contributed by atoms with Gasteiger partial charge in [-0.05, 0) is 36.2 Å². The number of rotatable bonds is 7. The van der Waals surface area contributed by atoms with Crippen molar-refractivity contribution in [3.63, 3.8) is 0 Å². The van der Waals surface area contributed by atoms with Gasteiger partial charge < -0.3 is 9.64 Å². The monoisotopic (exact) mass is 359 g/mol. The van der Waals surface area contributed by atoms with Crippen molar-refractivity contribution in [2.24, 2.45) is 0 Å². The zero-order chi connectivity index (χ0) is 17.6. The van der Waals surface area contributed by atoms with Crippen molar-refractivity contribution >= 4 is 28.7 Å². The average molecular weight is 359 g/mol. The molecule has 2 amide bonds. The number of ether oxygens (including phenoxy) is 1. The van der Waals surface area contributed by atoms with Gasteiger partial charge in [0, 0.05) is 13.2 Å². The molecular formula is C18H19N3O3S. The molecule has 0 saturated carbocycles. The highest BCUT2D eigenvalue weighted by Crippen LogP contribution is 2.23. The molecule has 130 valence electrons. The van der Waals surface area contributed by atoms with Crippen LogP contribution in [0.3, 0.4) is 0 Å². The number of hydrogen-bond acceptors (Lipinski definition) is 6. The van der Waals surface area contributed by atoms with Crippen LogP contribution in [0.5, 0.6) is 5.75 Å². The number of carbonyl (C=O) groups is 2. The molecule has 2 heterocycles. The lowest BCUT2D eigenvalue weighted by Gasteiger charge is -2.18. The first-order valence-electron chi connectivity index (χ1n) is 7.97. The van der Waals surface area contributed by atoms with Crippen LogP contribution in [0.1, 0.15) is 5.56 Å². The van der Waals surface area contributed by atoms with E-state index in [1.807, 2.05) is 54.4 Å². The van der Waals surface area contributed by atoms with Crippen LogP contribution >= 0.6 is 11.8 Å². The minimum Gasteiger partial charge on any atom is -0.492 e. The lowest BCUT2D eigenvalue weighted by molar-refractivity contribution is -0.118. The van der Waals surface area contributed by atoms with Crippen molar-refractivity contribution < 1.29 is 14.3 Å². The number of pyridine rings is 1. The number of nitrogens with one attached hydrogen (secondary N) is 1. The number of imide groups is 1. The van der Waals surface area contributed by atoms with Crippen molar-refractivity contribution in [1.82, 2.24) is 10.3 Å². The van der Waals surface area contributed by atoms with Crippen LogP contribution in [0.15, 0.2) is 48.7 Å². The molecule has 1 aromatic heterocycles. The number of likely N-dealkylation sites (N-methyl/N-ethyl adjacent to an activating group) is 1. The van der Waals surface area contributed by atoms with E-state index in [9.17, 15) is 9.59 Å². The molecule has 1 fully saturated rings. The van der Waals surface area contributed by atoms with Gasteiger partial charge in [0.1, 0.15) is 18.2 Å². The summed E-state index contributed by atoms with van der Waals surface area (Å²) in [5.41, 5.74) is 1.00. The Kier molecular flexibility index (Phi) is 5.55. The smallest absolute Gasteiger partial charge is 0.286 e. The summed E-state index contributed by atoms with van der Waals surface area (Å²) >= 11 is 1.05. The van der Waals surface area contributed by atoms with Crippen molar-refractivity contribution in [1.29, 1.82) is 0 Å². The SMILES string of the molecule is CN(CCOc1ccc([14CH2]C2SC(=O)NC2=O)cc1)c1ccccn1. The summed E-state index contributed by atoms with van der Waals surface area (Å²) in [6, 6.07) is 13.4. The predicted octanol–water partition coefficient (Wildman–Crippen LogP) is 2.49. The Morgan fingerprint density at radius 1 is 1.24 bits per heavy atom. The second-order valence-electron chi connectivity index (χ2n) is 5.69. The fourth-order valence-corrected chi connectivity index (χ4v) is 3.32. The van der Waals surface area contributed by atoms with Crippen LogP contribution in [0.2, 0.25) is 0 Å². The first kappa shape index (κ1) is 17.3. The highest BCUT2D eigenvalue weighted by atomic mass is 32.2. The maximum absolute atomic E-state index is 11.6. The first-order chi connectivity index (χ1) is 12.1. The number of nitrogens with zero attached hydrogens (tertiary/aromatic N) is 2. The van der Waals surface area contributed by atoms with E-state index in [0.717, 1.165) is 35.4 Å². The van der Waals surface area contributed by atoms with Crippen LogP contribution in [0.4, 0.5) is 10.6 Å². The molecule has 0 bridgehead atoms. The molecule has 1 atom stereocenters. The van der Waals surface area contributed by atoms with E-state index < -0.39 is 0 Å². The molecule has 0 aliphatic carbocycles. The molecule has 1 aliphatic rings. The molecule has 0 radical (unpaired) electrons. The summed E-state index contributed by atoms with van der Waals surface area (Å²) in [5.74, 6) is 1.47. The van der Waals surface area contributed by atoms with E-state index >= 15 is 0 Å². The van der Waals surface area contributed by atoms with Crippen molar-refractivity contribution in [2.45, 2.75) is 11.7 Å². The van der Waals surface area contributed by atoms with Crippen molar-refractivity contribution in [3.8, 4) is 5.75 Å². The van der Waals surface area contributed by atoms with Crippen LogP contribution < -0.4 is 15.0 Å². The van der Waals surface area contributed by atoms with E-state index in [4.69, 9.17) is 4.74 Å². The van der Waals surface area contributed by atoms with E-state index in [1.165, 1.54) is 0 Å². The Morgan fingerprint density at radius 3 is 2.68 bits per heavy atom. The Balaban J connectivity index is 1.46. The summed E-state index contributed by atoms with van der Waals surface area (Å²) in [4.78, 5) is 29.1. The third-order valence-electron chi connectivity index (χ3n) is 3.85. The molecule has 7 heteroatoms. The topological polar surface area (TPSA) is 71.5 Å². The lowest BCUT2D eigenvalue weighted by Crippen LogP contribution is -2.25. The highest BCUT2D eigenvalue weighted by molar-refractivity contribution is 8.15. The normalized spacial score (nSPS) is 16.6. The molecule has 2 aromatic rings. The van der Waals surface area contributed by atoms with E-state index in [-0.39, 0.29) is 16.4 Å². The number of anilines is 1. The first-order valence-corrected chi connectivity index (χ1v) is 8.85. The number of thioether (sulfide) groups is 1. The van der Waals surface area contributed by atoms with Crippen molar-refractivity contribution in [3.05, 3.63) is 54.2 Å². The van der Waals surface area contributed by atoms with E-state index in [0.29, 0.717) is 13.0 Å². The number of hydrogen-bond donors (Lipinski definition) is 1. The quantitative estimate of drug-likeness (QED) is 0.819. The Bertz CT molecular complexity index is 737. The third-order valence-corrected chi connectivity index (χ3v) is 4.83. The molecule has 1 aliphatic heterocycles. The minimum atomic E-state index is -0.341. The molecule has 6 nitrogen and oxygen atoms in total. The number of aromatic nitrogens is 1. The Hall–Kier alpha value is -2.54. The van der Waals surface area contributed by atoms with Gasteiger partial charge in [0.2, 0.25) is 5.91 Å².